The van der Waals surface area contributed by atoms with Gasteiger partial charge in [-0.15, -0.1) is 0 Å². The Balaban J connectivity index is 1.48. The zero-order valence-corrected chi connectivity index (χ0v) is 21.0. The topological polar surface area (TPSA) is 120 Å². The third-order valence-corrected chi connectivity index (χ3v) is 6.67. The van der Waals surface area contributed by atoms with Gasteiger partial charge in [0.15, 0.2) is 11.6 Å². The summed E-state index contributed by atoms with van der Waals surface area (Å²) in [6, 6.07) is 14.1. The average molecular weight is 560 g/mol. The summed E-state index contributed by atoms with van der Waals surface area (Å²) in [5, 5.41) is 4.20. The zero-order valence-electron chi connectivity index (χ0n) is 20.3. The number of pyridine rings is 1. The number of rotatable bonds is 6. The predicted molar refractivity (Wildman–Crippen MR) is 141 cm³/mol. The van der Waals surface area contributed by atoms with Crippen molar-refractivity contribution in [3.05, 3.63) is 112 Å². The fourth-order valence-corrected chi connectivity index (χ4v) is 4.64. The summed E-state index contributed by atoms with van der Waals surface area (Å²) < 4.78 is 36.4. The number of hydrogen-bond acceptors (Lipinski definition) is 6. The SMILES string of the molecule is NC(=O)c1cc(COc2cc3cc(F)c(Cl)cc3nc2N2C(=O)c3ccccc3C2=O)c(-n2cccn2)cc1F. The molecule has 1 aliphatic rings. The molecular weight excluding hydrogens is 544 g/mol. The first-order valence-electron chi connectivity index (χ1n) is 11.8. The summed E-state index contributed by atoms with van der Waals surface area (Å²) in [6.07, 6.45) is 3.05. The maximum Gasteiger partial charge on any atom is 0.267 e. The number of aromatic nitrogens is 3. The summed E-state index contributed by atoms with van der Waals surface area (Å²) in [6.45, 7) is -0.296. The molecule has 3 heterocycles. The van der Waals surface area contributed by atoms with Crippen LogP contribution in [0.4, 0.5) is 14.6 Å². The highest BCUT2D eigenvalue weighted by Gasteiger charge is 2.39. The van der Waals surface area contributed by atoms with Crippen molar-refractivity contribution in [2.45, 2.75) is 6.61 Å². The molecule has 5 aromatic rings. The monoisotopic (exact) mass is 559 g/mol. The quantitative estimate of drug-likeness (QED) is 0.298. The van der Waals surface area contributed by atoms with E-state index >= 15 is 0 Å². The van der Waals surface area contributed by atoms with Crippen LogP contribution in [0.2, 0.25) is 5.02 Å². The van der Waals surface area contributed by atoms with Crippen LogP contribution in [0, 0.1) is 11.6 Å². The Hall–Kier alpha value is -5.16. The van der Waals surface area contributed by atoms with E-state index in [-0.39, 0.29) is 56.5 Å². The molecule has 0 saturated carbocycles. The van der Waals surface area contributed by atoms with E-state index in [1.165, 1.54) is 41.2 Å². The summed E-state index contributed by atoms with van der Waals surface area (Å²) in [5.41, 5.74) is 6.10. The standard InChI is InChI=1S/C28H16ClF2N5O4/c29-19-11-22-14(9-21(19)31)10-24(26(34-22)36-27(38)16-4-1-2-5-17(16)28(36)39)40-13-15-8-18(25(32)37)20(30)12-23(15)35-7-3-6-33-35/h1-12H,13H2,(H2,32,37). The number of primary amides is 1. The number of nitrogens with two attached hydrogens (primary N) is 1. The van der Waals surface area contributed by atoms with Gasteiger partial charge in [-0.05, 0) is 42.5 Å². The molecular formula is C28H16ClF2N5O4. The van der Waals surface area contributed by atoms with Gasteiger partial charge in [-0.3, -0.25) is 14.4 Å². The average Bonchev–Trinajstić information content (AvgIpc) is 3.55. The lowest BCUT2D eigenvalue weighted by atomic mass is 10.1. The Bertz CT molecular complexity index is 1840. The van der Waals surface area contributed by atoms with Gasteiger partial charge in [-0.1, -0.05) is 23.7 Å². The number of ether oxygens (including phenoxy) is 1. The molecule has 3 aromatic carbocycles. The molecule has 6 rings (SSSR count). The minimum atomic E-state index is -0.989. The van der Waals surface area contributed by atoms with Crippen molar-refractivity contribution in [1.29, 1.82) is 0 Å². The van der Waals surface area contributed by atoms with Gasteiger partial charge in [0.2, 0.25) is 0 Å². The Morgan fingerprint density at radius 3 is 2.35 bits per heavy atom. The molecule has 9 nitrogen and oxygen atoms in total. The third kappa shape index (κ3) is 4.12. The molecule has 0 spiro atoms. The Morgan fingerprint density at radius 1 is 0.975 bits per heavy atom. The molecule has 0 saturated heterocycles. The maximum absolute atomic E-state index is 14.6. The smallest absolute Gasteiger partial charge is 0.267 e. The first kappa shape index (κ1) is 25.1. The lowest BCUT2D eigenvalue weighted by Gasteiger charge is -2.19. The van der Waals surface area contributed by atoms with Crippen molar-refractivity contribution in [1.82, 2.24) is 14.8 Å². The van der Waals surface area contributed by atoms with E-state index in [1.807, 2.05) is 0 Å². The molecule has 0 bridgehead atoms. The highest BCUT2D eigenvalue weighted by Crippen LogP contribution is 2.37. The molecule has 2 N–H and O–H groups in total. The third-order valence-electron chi connectivity index (χ3n) is 6.38. The van der Waals surface area contributed by atoms with Crippen molar-refractivity contribution in [2.24, 2.45) is 5.73 Å². The van der Waals surface area contributed by atoms with E-state index in [4.69, 9.17) is 22.1 Å². The fraction of sp³-hybridized carbons (Fsp3) is 0.0357. The van der Waals surface area contributed by atoms with Gasteiger partial charge in [-0.2, -0.15) is 5.10 Å². The van der Waals surface area contributed by atoms with Crippen LogP contribution in [0.5, 0.6) is 5.75 Å². The lowest BCUT2D eigenvalue weighted by Crippen LogP contribution is -2.30. The van der Waals surface area contributed by atoms with E-state index in [2.05, 4.69) is 10.1 Å². The van der Waals surface area contributed by atoms with E-state index in [9.17, 15) is 23.2 Å². The summed E-state index contributed by atoms with van der Waals surface area (Å²) in [5.74, 6) is -4.01. The number of carbonyl (C=O) groups is 3. The number of imide groups is 1. The van der Waals surface area contributed by atoms with Gasteiger partial charge in [0.1, 0.15) is 18.2 Å². The van der Waals surface area contributed by atoms with Gasteiger partial charge < -0.3 is 10.5 Å². The van der Waals surface area contributed by atoms with Gasteiger partial charge in [0.05, 0.1) is 32.9 Å². The molecule has 0 aliphatic carbocycles. The van der Waals surface area contributed by atoms with Crippen LogP contribution in [0.1, 0.15) is 36.6 Å². The number of fused-ring (bicyclic) bond motifs is 2. The van der Waals surface area contributed by atoms with Crippen LogP contribution < -0.4 is 15.4 Å². The Labute approximate surface area is 229 Å². The van der Waals surface area contributed by atoms with Crippen molar-refractivity contribution < 1.29 is 27.9 Å². The molecule has 3 amide bonds. The minimum absolute atomic E-state index is 0.0555. The van der Waals surface area contributed by atoms with Gasteiger partial charge in [0.25, 0.3) is 17.7 Å². The summed E-state index contributed by atoms with van der Waals surface area (Å²) >= 11 is 5.96. The highest BCUT2D eigenvalue weighted by atomic mass is 35.5. The van der Waals surface area contributed by atoms with E-state index in [1.54, 1.807) is 24.4 Å². The van der Waals surface area contributed by atoms with Crippen LogP contribution in [-0.2, 0) is 6.61 Å². The maximum atomic E-state index is 14.6. The molecule has 12 heteroatoms. The molecule has 0 radical (unpaired) electrons. The second-order valence-electron chi connectivity index (χ2n) is 8.82. The van der Waals surface area contributed by atoms with E-state index in [0.29, 0.717) is 5.56 Å². The molecule has 2 aromatic heterocycles. The predicted octanol–water partition coefficient (Wildman–Crippen LogP) is 4.83. The zero-order chi connectivity index (χ0) is 28.1. The summed E-state index contributed by atoms with van der Waals surface area (Å²) in [7, 11) is 0. The number of halogens is 3. The number of hydrogen-bond donors (Lipinski definition) is 1. The van der Waals surface area contributed by atoms with E-state index in [0.717, 1.165) is 17.0 Å². The molecule has 0 fully saturated rings. The van der Waals surface area contributed by atoms with Gasteiger partial charge in [0, 0.05) is 29.4 Å². The second kappa shape index (κ2) is 9.54. The molecule has 198 valence electrons. The van der Waals surface area contributed by atoms with Crippen LogP contribution in [0.25, 0.3) is 16.6 Å². The lowest BCUT2D eigenvalue weighted by molar-refractivity contribution is 0.0921. The second-order valence-corrected chi connectivity index (χ2v) is 9.23. The number of carbonyl (C=O) groups excluding carboxylic acids is 3. The Morgan fingerprint density at radius 2 is 1.70 bits per heavy atom. The normalized spacial score (nSPS) is 12.7. The first-order valence-corrected chi connectivity index (χ1v) is 12.1. The first-order chi connectivity index (χ1) is 19.2. The van der Waals surface area contributed by atoms with Crippen molar-refractivity contribution in [2.75, 3.05) is 4.90 Å². The number of benzene rings is 3. The summed E-state index contributed by atoms with van der Waals surface area (Å²) in [4.78, 5) is 43.7. The number of amides is 3. The molecule has 0 unspecified atom stereocenters. The minimum Gasteiger partial charge on any atom is -0.485 e. The van der Waals surface area contributed by atoms with Gasteiger partial charge >= 0.3 is 0 Å². The highest BCUT2D eigenvalue weighted by molar-refractivity contribution is 6.34. The van der Waals surface area contributed by atoms with Crippen LogP contribution in [-0.4, -0.2) is 32.5 Å². The fourth-order valence-electron chi connectivity index (χ4n) is 4.48. The molecule has 0 atom stereocenters. The van der Waals surface area contributed by atoms with Crippen molar-refractivity contribution >= 4 is 46.0 Å². The number of anilines is 1. The van der Waals surface area contributed by atoms with Crippen LogP contribution in [0.15, 0.2) is 73.1 Å². The molecule has 1 aliphatic heterocycles. The van der Waals surface area contributed by atoms with Crippen molar-refractivity contribution in [3.8, 4) is 11.4 Å². The Kier molecular flexibility index (Phi) is 6.00. The largest absolute Gasteiger partial charge is 0.485 e. The molecule has 40 heavy (non-hydrogen) atoms. The van der Waals surface area contributed by atoms with Crippen molar-refractivity contribution in [3.63, 3.8) is 0 Å². The van der Waals surface area contributed by atoms with Crippen LogP contribution >= 0.6 is 11.6 Å². The van der Waals surface area contributed by atoms with Gasteiger partial charge in [-0.25, -0.2) is 23.3 Å². The van der Waals surface area contributed by atoms with E-state index < -0.39 is 29.4 Å². The van der Waals surface area contributed by atoms with Crippen LogP contribution in [0.3, 0.4) is 0 Å². The number of nitrogens with zero attached hydrogens (tertiary/aromatic N) is 4.